The van der Waals surface area contributed by atoms with Crippen LogP contribution in [0.3, 0.4) is 0 Å². The molecule has 1 aliphatic carbocycles. The second-order valence-electron chi connectivity index (χ2n) is 8.11. The molecule has 2 aliphatic rings. The third kappa shape index (κ3) is 4.07. The van der Waals surface area contributed by atoms with Crippen molar-refractivity contribution in [3.63, 3.8) is 0 Å². The molecule has 0 radical (unpaired) electrons. The van der Waals surface area contributed by atoms with E-state index in [1.165, 1.54) is 18.3 Å². The number of anilines is 2. The predicted molar refractivity (Wildman–Crippen MR) is 117 cm³/mol. The molecule has 3 heterocycles. The van der Waals surface area contributed by atoms with Crippen molar-refractivity contribution in [3.05, 3.63) is 40.7 Å². The molecule has 0 bridgehead atoms. The van der Waals surface area contributed by atoms with E-state index in [-0.39, 0.29) is 23.8 Å². The van der Waals surface area contributed by atoms with Crippen molar-refractivity contribution in [3.8, 4) is 11.4 Å². The van der Waals surface area contributed by atoms with E-state index in [2.05, 4.69) is 25.8 Å². The lowest BCUT2D eigenvalue weighted by Crippen LogP contribution is -2.59. The molecule has 0 unspecified atom stereocenters. The number of thiazole rings is 1. The first-order chi connectivity index (χ1) is 15.4. The number of amides is 2. The smallest absolute Gasteiger partial charge is 0.267 e. The number of hydrogen-bond donors (Lipinski definition) is 2. The van der Waals surface area contributed by atoms with Crippen LogP contribution in [0.15, 0.2) is 28.9 Å². The van der Waals surface area contributed by atoms with Crippen molar-refractivity contribution in [2.45, 2.75) is 38.4 Å². The summed E-state index contributed by atoms with van der Waals surface area (Å²) in [5.41, 5.74) is 2.17. The van der Waals surface area contributed by atoms with Crippen LogP contribution in [-0.4, -0.2) is 52.2 Å². The first kappa shape index (κ1) is 20.6. The van der Waals surface area contributed by atoms with Gasteiger partial charge in [0.25, 0.3) is 5.91 Å². The number of benzene rings is 1. The van der Waals surface area contributed by atoms with E-state index in [4.69, 9.17) is 4.52 Å². The lowest BCUT2D eigenvalue weighted by Gasteiger charge is -2.39. The summed E-state index contributed by atoms with van der Waals surface area (Å²) in [5.74, 6) is 0.0488. The molecule has 2 fully saturated rings. The fraction of sp³-hybridized carbons (Fsp3) is 0.381. The summed E-state index contributed by atoms with van der Waals surface area (Å²) in [6.07, 6.45) is 1.06. The Balaban J connectivity index is 1.26. The lowest BCUT2D eigenvalue weighted by molar-refractivity contribution is -0.119. The van der Waals surface area contributed by atoms with Gasteiger partial charge in [-0.15, -0.1) is 0 Å². The maximum Gasteiger partial charge on any atom is 0.267 e. The molecule has 1 saturated heterocycles. The van der Waals surface area contributed by atoms with Crippen molar-refractivity contribution in [2.24, 2.45) is 0 Å². The van der Waals surface area contributed by atoms with Gasteiger partial charge in [0.2, 0.25) is 17.6 Å². The zero-order valence-electron chi connectivity index (χ0n) is 17.5. The van der Waals surface area contributed by atoms with Gasteiger partial charge in [0.05, 0.1) is 18.2 Å². The number of alkyl halides is 1. The third-order valence-electron chi connectivity index (χ3n) is 5.49. The number of aromatic nitrogens is 3. The minimum Gasteiger partial charge on any atom is -0.350 e. The van der Waals surface area contributed by atoms with Gasteiger partial charge in [-0.05, 0) is 25.0 Å². The standard InChI is InChI=1S/C21H21FN6O3S/c1-10-3-4-12(18-26-20(31-27-18)14-6-15(14)22)5-16(10)25-19(30)17-7-23-21(32-17)28-8-13(9-28)24-11(2)29/h3-5,7,13-15H,6,8-9H2,1-2H3,(H,24,29)(H,25,30)/t14-,15-/m0/s1. The monoisotopic (exact) mass is 456 g/mol. The van der Waals surface area contributed by atoms with Gasteiger partial charge in [-0.1, -0.05) is 28.6 Å². The number of halogens is 1. The van der Waals surface area contributed by atoms with Gasteiger partial charge in [-0.2, -0.15) is 4.98 Å². The summed E-state index contributed by atoms with van der Waals surface area (Å²) in [6.45, 7) is 4.73. The fourth-order valence-corrected chi connectivity index (χ4v) is 4.36. The van der Waals surface area contributed by atoms with Crippen LogP contribution in [0.5, 0.6) is 0 Å². The molecular formula is C21H21FN6O3S. The molecule has 2 amide bonds. The molecule has 11 heteroatoms. The van der Waals surface area contributed by atoms with E-state index < -0.39 is 6.17 Å². The highest BCUT2D eigenvalue weighted by atomic mass is 32.1. The molecule has 1 aliphatic heterocycles. The summed E-state index contributed by atoms with van der Waals surface area (Å²) >= 11 is 1.30. The Hall–Kier alpha value is -3.34. The Morgan fingerprint density at radius 1 is 1.31 bits per heavy atom. The number of carbonyl (C=O) groups excluding carboxylic acids is 2. The van der Waals surface area contributed by atoms with Crippen molar-refractivity contribution in [1.29, 1.82) is 0 Å². The maximum atomic E-state index is 13.2. The van der Waals surface area contributed by atoms with Gasteiger partial charge in [0.1, 0.15) is 11.0 Å². The van der Waals surface area contributed by atoms with E-state index in [9.17, 15) is 14.0 Å². The largest absolute Gasteiger partial charge is 0.350 e. The third-order valence-corrected chi connectivity index (χ3v) is 6.55. The van der Waals surface area contributed by atoms with Crippen LogP contribution in [0.1, 0.15) is 40.4 Å². The Kier molecular flexibility index (Phi) is 5.12. The molecule has 3 aromatic rings. The lowest BCUT2D eigenvalue weighted by atomic mass is 10.1. The predicted octanol–water partition coefficient (Wildman–Crippen LogP) is 2.90. The Morgan fingerprint density at radius 3 is 2.81 bits per heavy atom. The molecule has 166 valence electrons. The molecule has 2 N–H and O–H groups in total. The molecule has 5 rings (SSSR count). The maximum absolute atomic E-state index is 13.2. The molecule has 1 aromatic carbocycles. The Morgan fingerprint density at radius 2 is 2.09 bits per heavy atom. The van der Waals surface area contributed by atoms with Crippen LogP contribution in [-0.2, 0) is 4.79 Å². The second kappa shape index (κ2) is 7.97. The normalized spacial score (nSPS) is 20.0. The number of hydrogen-bond acceptors (Lipinski definition) is 8. The SMILES string of the molecule is CC(=O)NC1CN(c2ncc(C(=O)Nc3cc(-c4noc([C@H]5C[C@@H]5F)n4)ccc3C)s2)C1. The van der Waals surface area contributed by atoms with E-state index in [1.54, 1.807) is 12.3 Å². The van der Waals surface area contributed by atoms with Crippen molar-refractivity contribution in [1.82, 2.24) is 20.4 Å². The van der Waals surface area contributed by atoms with Crippen LogP contribution < -0.4 is 15.5 Å². The summed E-state index contributed by atoms with van der Waals surface area (Å²) in [6, 6.07) is 5.58. The number of rotatable bonds is 6. The van der Waals surface area contributed by atoms with Crippen LogP contribution in [0.4, 0.5) is 15.2 Å². The van der Waals surface area contributed by atoms with E-state index in [1.807, 2.05) is 24.0 Å². The first-order valence-electron chi connectivity index (χ1n) is 10.3. The average molecular weight is 457 g/mol. The summed E-state index contributed by atoms with van der Waals surface area (Å²) < 4.78 is 18.4. The van der Waals surface area contributed by atoms with Crippen LogP contribution in [0.2, 0.25) is 0 Å². The number of nitrogens with one attached hydrogen (secondary N) is 2. The van der Waals surface area contributed by atoms with E-state index in [0.717, 1.165) is 10.7 Å². The van der Waals surface area contributed by atoms with Gasteiger partial charge >= 0.3 is 0 Å². The Labute approximate surface area is 187 Å². The average Bonchev–Trinajstić information content (AvgIpc) is 3.12. The van der Waals surface area contributed by atoms with Crippen molar-refractivity contribution in [2.75, 3.05) is 23.3 Å². The van der Waals surface area contributed by atoms with E-state index in [0.29, 0.717) is 47.4 Å². The quantitative estimate of drug-likeness (QED) is 0.586. The number of nitrogens with zero attached hydrogens (tertiary/aromatic N) is 4. The highest BCUT2D eigenvalue weighted by Gasteiger charge is 2.43. The minimum atomic E-state index is -0.909. The van der Waals surface area contributed by atoms with Gasteiger partial charge < -0.3 is 20.1 Å². The van der Waals surface area contributed by atoms with Crippen LogP contribution in [0.25, 0.3) is 11.4 Å². The van der Waals surface area contributed by atoms with Gasteiger partial charge in [-0.3, -0.25) is 9.59 Å². The number of aryl methyl sites for hydroxylation is 1. The van der Waals surface area contributed by atoms with Gasteiger partial charge in [0.15, 0.2) is 5.13 Å². The minimum absolute atomic E-state index is 0.0531. The topological polar surface area (TPSA) is 113 Å². The Bertz CT molecular complexity index is 1190. The second-order valence-corrected chi connectivity index (χ2v) is 9.12. The molecule has 1 saturated carbocycles. The zero-order chi connectivity index (χ0) is 22.4. The molecule has 32 heavy (non-hydrogen) atoms. The summed E-state index contributed by atoms with van der Waals surface area (Å²) in [7, 11) is 0. The molecule has 9 nitrogen and oxygen atoms in total. The summed E-state index contributed by atoms with van der Waals surface area (Å²) in [4.78, 5) is 35.1. The number of carbonyl (C=O) groups is 2. The zero-order valence-corrected chi connectivity index (χ0v) is 18.3. The van der Waals surface area contributed by atoms with E-state index >= 15 is 0 Å². The summed E-state index contributed by atoms with van der Waals surface area (Å²) in [5, 5.41) is 10.5. The highest BCUT2D eigenvalue weighted by Crippen LogP contribution is 2.43. The van der Waals surface area contributed by atoms with Crippen molar-refractivity contribution < 1.29 is 18.5 Å². The van der Waals surface area contributed by atoms with Crippen molar-refractivity contribution >= 4 is 34.0 Å². The first-order valence-corrected chi connectivity index (χ1v) is 11.1. The fourth-order valence-electron chi connectivity index (χ4n) is 3.53. The molecule has 2 atom stereocenters. The molecule has 0 spiro atoms. The van der Waals surface area contributed by atoms with Gasteiger partial charge in [0, 0.05) is 31.3 Å². The van der Waals surface area contributed by atoms with Crippen LogP contribution >= 0.6 is 11.3 Å². The van der Waals surface area contributed by atoms with Gasteiger partial charge in [-0.25, -0.2) is 9.37 Å². The highest BCUT2D eigenvalue weighted by molar-refractivity contribution is 7.17. The van der Waals surface area contributed by atoms with Crippen LogP contribution in [0, 0.1) is 6.92 Å². The molecular weight excluding hydrogens is 435 g/mol. The molecule has 2 aromatic heterocycles.